The summed E-state index contributed by atoms with van der Waals surface area (Å²) >= 11 is 0. The summed E-state index contributed by atoms with van der Waals surface area (Å²) in [4.78, 5) is 10.9. The van der Waals surface area contributed by atoms with Crippen molar-refractivity contribution < 1.29 is 9.90 Å². The summed E-state index contributed by atoms with van der Waals surface area (Å²) < 4.78 is 2.01. The Hall–Kier alpha value is -2.01. The number of nitrogens with zero attached hydrogens (tertiary/aromatic N) is 1. The van der Waals surface area contributed by atoms with Crippen LogP contribution in [0.2, 0.25) is 0 Å². The van der Waals surface area contributed by atoms with Gasteiger partial charge < -0.3 is 21.1 Å². The Kier molecular flexibility index (Phi) is 3.00. The molecule has 0 saturated heterocycles. The molecule has 18 heavy (non-hydrogen) atoms. The number of carboxylic acid groups (broad SMARTS) is 1. The van der Waals surface area contributed by atoms with Crippen LogP contribution in [0.25, 0.3) is 10.9 Å². The van der Waals surface area contributed by atoms with Gasteiger partial charge in [0.1, 0.15) is 6.04 Å². The van der Waals surface area contributed by atoms with Crippen LogP contribution in [-0.2, 0) is 18.3 Å². The average Bonchev–Trinajstić information content (AvgIpc) is 2.56. The molecule has 0 amide bonds. The van der Waals surface area contributed by atoms with Gasteiger partial charge in [0, 0.05) is 30.2 Å². The molecule has 2 aromatic rings. The van der Waals surface area contributed by atoms with E-state index in [1.165, 1.54) is 0 Å². The minimum absolute atomic E-state index is 0.284. The van der Waals surface area contributed by atoms with Gasteiger partial charge in [-0.2, -0.15) is 0 Å². The zero-order valence-electron chi connectivity index (χ0n) is 10.5. The van der Waals surface area contributed by atoms with Crippen molar-refractivity contribution in [2.75, 3.05) is 5.73 Å². The topological polar surface area (TPSA) is 94.3 Å². The fourth-order valence-electron chi connectivity index (χ4n) is 2.29. The van der Waals surface area contributed by atoms with Crippen molar-refractivity contribution in [2.24, 2.45) is 12.8 Å². The number of rotatable bonds is 3. The highest BCUT2D eigenvalue weighted by Gasteiger charge is 2.19. The van der Waals surface area contributed by atoms with Crippen molar-refractivity contribution in [2.45, 2.75) is 19.4 Å². The van der Waals surface area contributed by atoms with Crippen LogP contribution in [0.15, 0.2) is 18.2 Å². The Morgan fingerprint density at radius 2 is 2.17 bits per heavy atom. The lowest BCUT2D eigenvalue weighted by Crippen LogP contribution is -2.32. The Morgan fingerprint density at radius 3 is 2.78 bits per heavy atom. The van der Waals surface area contributed by atoms with E-state index in [1.807, 2.05) is 36.7 Å². The van der Waals surface area contributed by atoms with E-state index in [0.717, 1.165) is 22.2 Å². The van der Waals surface area contributed by atoms with Gasteiger partial charge in [-0.25, -0.2) is 0 Å². The quantitative estimate of drug-likeness (QED) is 0.706. The molecule has 0 aliphatic rings. The smallest absolute Gasteiger partial charge is 0.320 e. The van der Waals surface area contributed by atoms with E-state index < -0.39 is 12.0 Å². The number of hydrogen-bond donors (Lipinski definition) is 3. The van der Waals surface area contributed by atoms with Crippen LogP contribution in [-0.4, -0.2) is 21.7 Å². The molecule has 5 heteroatoms. The Labute approximate surface area is 105 Å². The molecule has 5 nitrogen and oxygen atoms in total. The zero-order valence-corrected chi connectivity index (χ0v) is 10.5. The molecule has 2 rings (SSSR count). The van der Waals surface area contributed by atoms with Crippen molar-refractivity contribution in [3.8, 4) is 0 Å². The summed E-state index contributed by atoms with van der Waals surface area (Å²) in [6.45, 7) is 1.95. The lowest BCUT2D eigenvalue weighted by molar-refractivity contribution is -0.138. The van der Waals surface area contributed by atoms with E-state index in [0.29, 0.717) is 5.69 Å². The summed E-state index contributed by atoms with van der Waals surface area (Å²) in [5, 5.41) is 9.83. The first-order valence-corrected chi connectivity index (χ1v) is 5.74. The van der Waals surface area contributed by atoms with Gasteiger partial charge in [-0.1, -0.05) is 6.07 Å². The first kappa shape index (κ1) is 12.4. The number of nitrogens with two attached hydrogens (primary N) is 2. The number of hydrogen-bond acceptors (Lipinski definition) is 3. The van der Waals surface area contributed by atoms with Crippen molar-refractivity contribution in [1.29, 1.82) is 0 Å². The molecule has 0 aliphatic carbocycles. The molecule has 0 spiro atoms. The van der Waals surface area contributed by atoms with Crippen LogP contribution in [0.4, 0.5) is 5.69 Å². The monoisotopic (exact) mass is 247 g/mol. The molecular weight excluding hydrogens is 230 g/mol. The number of aliphatic carboxylic acids is 1. The van der Waals surface area contributed by atoms with Crippen molar-refractivity contribution in [3.05, 3.63) is 29.5 Å². The lowest BCUT2D eigenvalue weighted by atomic mass is 10.0. The third-order valence-corrected chi connectivity index (χ3v) is 3.42. The zero-order chi connectivity index (χ0) is 13.4. The first-order chi connectivity index (χ1) is 8.43. The molecule has 0 bridgehead atoms. The van der Waals surface area contributed by atoms with Gasteiger partial charge in [0.2, 0.25) is 0 Å². The van der Waals surface area contributed by atoms with Crippen LogP contribution < -0.4 is 11.5 Å². The standard InChI is InChI=1S/C13H17N3O2/c1-7-8(6-10(15)13(17)18)12-9(14)4-3-5-11(12)16(7)2/h3-5,10H,6,14-15H2,1-2H3,(H,17,18). The SMILES string of the molecule is Cc1c(CC(N)C(=O)O)c2c(N)cccc2n1C. The van der Waals surface area contributed by atoms with Crippen LogP contribution in [0, 0.1) is 6.92 Å². The number of carboxylic acids is 1. The number of aromatic nitrogens is 1. The van der Waals surface area contributed by atoms with Gasteiger partial charge in [0.15, 0.2) is 0 Å². The van der Waals surface area contributed by atoms with Crippen LogP contribution >= 0.6 is 0 Å². The van der Waals surface area contributed by atoms with Gasteiger partial charge in [0.25, 0.3) is 0 Å². The highest BCUT2D eigenvalue weighted by Crippen LogP contribution is 2.30. The maximum absolute atomic E-state index is 10.9. The normalized spacial score (nSPS) is 12.8. The molecule has 1 atom stereocenters. The Bertz CT molecular complexity index is 616. The van der Waals surface area contributed by atoms with Crippen molar-refractivity contribution in [1.82, 2.24) is 4.57 Å². The molecule has 5 N–H and O–H groups in total. The second kappa shape index (κ2) is 4.34. The second-order valence-corrected chi connectivity index (χ2v) is 4.51. The largest absolute Gasteiger partial charge is 0.480 e. The molecule has 1 unspecified atom stereocenters. The molecular formula is C13H17N3O2. The third kappa shape index (κ3) is 1.82. The van der Waals surface area contributed by atoms with Crippen LogP contribution in [0.1, 0.15) is 11.3 Å². The van der Waals surface area contributed by atoms with E-state index in [9.17, 15) is 4.79 Å². The second-order valence-electron chi connectivity index (χ2n) is 4.51. The molecule has 0 saturated carbocycles. The van der Waals surface area contributed by atoms with Crippen LogP contribution in [0.3, 0.4) is 0 Å². The van der Waals surface area contributed by atoms with Gasteiger partial charge in [0.05, 0.1) is 5.52 Å². The number of fused-ring (bicyclic) bond motifs is 1. The van der Waals surface area contributed by atoms with Crippen molar-refractivity contribution >= 4 is 22.6 Å². The maximum atomic E-state index is 10.9. The first-order valence-electron chi connectivity index (χ1n) is 5.74. The molecule has 1 aromatic carbocycles. The predicted molar refractivity (Wildman–Crippen MR) is 71.4 cm³/mol. The van der Waals surface area contributed by atoms with Gasteiger partial charge in [-0.05, 0) is 24.6 Å². The molecule has 96 valence electrons. The van der Waals surface area contributed by atoms with E-state index in [2.05, 4.69) is 0 Å². The predicted octanol–water partition coefficient (Wildman–Crippen LogP) is 1.02. The fraction of sp³-hybridized carbons (Fsp3) is 0.308. The van der Waals surface area contributed by atoms with Gasteiger partial charge in [-0.3, -0.25) is 4.79 Å². The Balaban J connectivity index is 2.63. The highest BCUT2D eigenvalue weighted by molar-refractivity contribution is 5.96. The molecule has 1 heterocycles. The number of carbonyl (C=O) groups is 1. The van der Waals surface area contributed by atoms with E-state index >= 15 is 0 Å². The number of nitrogen functional groups attached to an aromatic ring is 1. The van der Waals surface area contributed by atoms with E-state index in [4.69, 9.17) is 16.6 Å². The molecule has 0 fully saturated rings. The third-order valence-electron chi connectivity index (χ3n) is 3.42. The number of aryl methyl sites for hydroxylation is 1. The van der Waals surface area contributed by atoms with Gasteiger partial charge in [-0.15, -0.1) is 0 Å². The van der Waals surface area contributed by atoms with E-state index in [1.54, 1.807) is 0 Å². The maximum Gasteiger partial charge on any atom is 0.320 e. The summed E-state index contributed by atoms with van der Waals surface area (Å²) in [5.41, 5.74) is 15.2. The Morgan fingerprint density at radius 1 is 1.50 bits per heavy atom. The molecule has 0 aliphatic heterocycles. The van der Waals surface area contributed by atoms with Crippen molar-refractivity contribution in [3.63, 3.8) is 0 Å². The highest BCUT2D eigenvalue weighted by atomic mass is 16.4. The van der Waals surface area contributed by atoms with E-state index in [-0.39, 0.29) is 6.42 Å². The minimum Gasteiger partial charge on any atom is -0.480 e. The fourth-order valence-corrected chi connectivity index (χ4v) is 2.29. The molecule has 0 radical (unpaired) electrons. The number of anilines is 1. The summed E-state index contributed by atoms with van der Waals surface area (Å²) in [7, 11) is 1.94. The summed E-state index contributed by atoms with van der Waals surface area (Å²) in [6, 6.07) is 4.76. The van der Waals surface area contributed by atoms with Crippen LogP contribution in [0.5, 0.6) is 0 Å². The molecule has 1 aromatic heterocycles. The summed E-state index contributed by atoms with van der Waals surface area (Å²) in [5.74, 6) is -0.999. The minimum atomic E-state index is -0.999. The summed E-state index contributed by atoms with van der Waals surface area (Å²) in [6.07, 6.45) is 0.284. The number of benzene rings is 1. The lowest BCUT2D eigenvalue weighted by Gasteiger charge is -2.07. The average molecular weight is 247 g/mol. The van der Waals surface area contributed by atoms with Gasteiger partial charge >= 0.3 is 5.97 Å².